The van der Waals surface area contributed by atoms with Crippen LogP contribution in [0.3, 0.4) is 0 Å². The van der Waals surface area contributed by atoms with Crippen molar-refractivity contribution in [2.24, 2.45) is 0 Å². The van der Waals surface area contributed by atoms with Crippen molar-refractivity contribution in [3.63, 3.8) is 0 Å². The van der Waals surface area contributed by atoms with Gasteiger partial charge >= 0.3 is 5.69 Å². The molecule has 2 heterocycles. The predicted octanol–water partition coefficient (Wildman–Crippen LogP) is 2.18. The van der Waals surface area contributed by atoms with Crippen LogP contribution in [0.1, 0.15) is 16.7 Å². The monoisotopic (exact) mass is 269 g/mol. The van der Waals surface area contributed by atoms with Crippen LogP contribution in [0.15, 0.2) is 30.7 Å². The first-order valence-electron chi connectivity index (χ1n) is 5.79. The Hall–Kier alpha value is -3.01. The minimum Gasteiger partial charge on any atom is -0.360 e. The summed E-state index contributed by atoms with van der Waals surface area (Å²) in [5, 5.41) is 22.6. The van der Waals surface area contributed by atoms with Crippen LogP contribution in [0, 0.1) is 28.4 Å². The fourth-order valence-corrected chi connectivity index (χ4v) is 1.67. The molecule has 0 spiro atoms. The zero-order valence-corrected chi connectivity index (χ0v) is 10.7. The molecule has 7 heteroatoms. The summed E-state index contributed by atoms with van der Waals surface area (Å²) in [4.78, 5) is 18.3. The normalized spacial score (nSPS) is 9.80. The molecule has 0 aliphatic carbocycles. The van der Waals surface area contributed by atoms with Crippen molar-refractivity contribution in [3.05, 3.63) is 57.5 Å². The molecule has 2 aromatic heterocycles. The van der Waals surface area contributed by atoms with Gasteiger partial charge in [-0.25, -0.2) is 4.98 Å². The van der Waals surface area contributed by atoms with Gasteiger partial charge in [0, 0.05) is 31.2 Å². The van der Waals surface area contributed by atoms with Crippen LogP contribution < -0.4 is 5.32 Å². The number of aryl methyl sites for hydroxylation is 1. The van der Waals surface area contributed by atoms with Crippen molar-refractivity contribution in [1.82, 2.24) is 9.97 Å². The molecular weight excluding hydrogens is 258 g/mol. The minimum absolute atomic E-state index is 0.144. The van der Waals surface area contributed by atoms with Crippen LogP contribution in [-0.2, 0) is 6.54 Å². The van der Waals surface area contributed by atoms with E-state index in [-0.39, 0.29) is 17.1 Å². The Morgan fingerprint density at radius 2 is 2.30 bits per heavy atom. The largest absolute Gasteiger partial charge is 0.360 e. The second kappa shape index (κ2) is 5.75. The van der Waals surface area contributed by atoms with Crippen LogP contribution >= 0.6 is 0 Å². The lowest BCUT2D eigenvalue weighted by atomic mass is 10.1. The third-order valence-corrected chi connectivity index (χ3v) is 2.78. The Morgan fingerprint density at radius 3 is 2.95 bits per heavy atom. The van der Waals surface area contributed by atoms with Gasteiger partial charge in [0.15, 0.2) is 0 Å². The number of nitro groups is 1. The van der Waals surface area contributed by atoms with Crippen molar-refractivity contribution in [2.75, 3.05) is 5.32 Å². The molecule has 0 saturated carbocycles. The van der Waals surface area contributed by atoms with E-state index in [1.54, 1.807) is 12.4 Å². The van der Waals surface area contributed by atoms with E-state index < -0.39 is 4.92 Å². The molecule has 0 amide bonds. The molecule has 7 nitrogen and oxygen atoms in total. The van der Waals surface area contributed by atoms with E-state index in [1.807, 2.05) is 19.1 Å². The first-order valence-corrected chi connectivity index (χ1v) is 5.79. The van der Waals surface area contributed by atoms with E-state index in [0.29, 0.717) is 6.54 Å². The van der Waals surface area contributed by atoms with E-state index >= 15 is 0 Å². The summed E-state index contributed by atoms with van der Waals surface area (Å²) in [7, 11) is 0. The molecule has 2 aromatic rings. The fraction of sp³-hybridized carbons (Fsp3) is 0.154. The highest BCUT2D eigenvalue weighted by Crippen LogP contribution is 2.23. The van der Waals surface area contributed by atoms with Gasteiger partial charge in [0.1, 0.15) is 6.07 Å². The highest BCUT2D eigenvalue weighted by molar-refractivity contribution is 5.58. The van der Waals surface area contributed by atoms with Crippen LogP contribution in [0.4, 0.5) is 11.5 Å². The first kappa shape index (κ1) is 13.4. The average Bonchev–Trinajstić information content (AvgIpc) is 2.46. The highest BCUT2D eigenvalue weighted by atomic mass is 16.6. The van der Waals surface area contributed by atoms with E-state index in [0.717, 1.165) is 11.1 Å². The van der Waals surface area contributed by atoms with E-state index in [1.165, 1.54) is 12.3 Å². The zero-order chi connectivity index (χ0) is 14.5. The predicted molar refractivity (Wildman–Crippen MR) is 71.9 cm³/mol. The standard InChI is InChI=1S/C13H11N5O2/c1-9-6-15-3-2-11(9)8-17-13-12(18(19)20)4-10(5-14)7-16-13/h2-4,6-7H,8H2,1H3,(H,16,17). The Labute approximate surface area is 115 Å². The summed E-state index contributed by atoms with van der Waals surface area (Å²) in [6.45, 7) is 2.30. The number of rotatable bonds is 4. The Kier molecular flexibility index (Phi) is 3.86. The van der Waals surface area contributed by atoms with Gasteiger partial charge in [-0.1, -0.05) is 0 Å². The number of nitrogens with zero attached hydrogens (tertiary/aromatic N) is 4. The summed E-state index contributed by atoms with van der Waals surface area (Å²) >= 11 is 0. The molecule has 0 fully saturated rings. The molecule has 0 radical (unpaired) electrons. The third kappa shape index (κ3) is 2.87. The molecule has 0 bridgehead atoms. The first-order chi connectivity index (χ1) is 9.61. The van der Waals surface area contributed by atoms with Gasteiger partial charge in [0.2, 0.25) is 5.82 Å². The van der Waals surface area contributed by atoms with E-state index in [9.17, 15) is 10.1 Å². The third-order valence-electron chi connectivity index (χ3n) is 2.78. The number of hydrogen-bond donors (Lipinski definition) is 1. The Morgan fingerprint density at radius 1 is 1.50 bits per heavy atom. The molecule has 100 valence electrons. The summed E-state index contributed by atoms with van der Waals surface area (Å²) in [6.07, 6.45) is 4.68. The highest BCUT2D eigenvalue weighted by Gasteiger charge is 2.16. The van der Waals surface area contributed by atoms with E-state index in [4.69, 9.17) is 5.26 Å². The van der Waals surface area contributed by atoms with Crippen LogP contribution in [-0.4, -0.2) is 14.9 Å². The maximum absolute atomic E-state index is 11.0. The summed E-state index contributed by atoms with van der Waals surface area (Å²) < 4.78 is 0. The molecule has 0 atom stereocenters. The molecule has 20 heavy (non-hydrogen) atoms. The molecular formula is C13H11N5O2. The van der Waals surface area contributed by atoms with Crippen LogP contribution in [0.2, 0.25) is 0 Å². The van der Waals surface area contributed by atoms with Gasteiger partial charge in [-0.15, -0.1) is 0 Å². The van der Waals surface area contributed by atoms with Crippen molar-refractivity contribution < 1.29 is 4.92 Å². The van der Waals surface area contributed by atoms with Gasteiger partial charge in [-0.2, -0.15) is 5.26 Å². The van der Waals surface area contributed by atoms with Gasteiger partial charge < -0.3 is 5.32 Å². The molecule has 1 N–H and O–H groups in total. The van der Waals surface area contributed by atoms with Crippen molar-refractivity contribution in [1.29, 1.82) is 5.26 Å². The molecule has 0 saturated heterocycles. The summed E-state index contributed by atoms with van der Waals surface area (Å²) in [5.74, 6) is 0.144. The lowest BCUT2D eigenvalue weighted by Gasteiger charge is -2.08. The summed E-state index contributed by atoms with van der Waals surface area (Å²) in [6, 6.07) is 4.86. The number of anilines is 1. The number of pyridine rings is 2. The number of nitriles is 1. The van der Waals surface area contributed by atoms with E-state index in [2.05, 4.69) is 15.3 Å². The second-order valence-electron chi connectivity index (χ2n) is 4.12. The van der Waals surface area contributed by atoms with Crippen molar-refractivity contribution >= 4 is 11.5 Å². The Bertz CT molecular complexity index is 693. The lowest BCUT2D eigenvalue weighted by Crippen LogP contribution is -2.06. The molecule has 0 aromatic carbocycles. The van der Waals surface area contributed by atoms with Gasteiger partial charge in [-0.05, 0) is 24.1 Å². The topological polar surface area (TPSA) is 105 Å². The number of nitrogens with one attached hydrogen (secondary N) is 1. The SMILES string of the molecule is Cc1cnccc1CNc1ncc(C#N)cc1[N+](=O)[O-]. The average molecular weight is 269 g/mol. The lowest BCUT2D eigenvalue weighted by molar-refractivity contribution is -0.384. The smallest absolute Gasteiger partial charge is 0.312 e. The minimum atomic E-state index is -0.560. The van der Waals surface area contributed by atoms with Crippen molar-refractivity contribution in [3.8, 4) is 6.07 Å². The number of hydrogen-bond acceptors (Lipinski definition) is 6. The number of aromatic nitrogens is 2. The van der Waals surface area contributed by atoms with Gasteiger partial charge in [0.05, 0.1) is 10.5 Å². The summed E-state index contributed by atoms with van der Waals surface area (Å²) in [5.41, 5.74) is 1.90. The van der Waals surface area contributed by atoms with Crippen molar-refractivity contribution in [2.45, 2.75) is 13.5 Å². The van der Waals surface area contributed by atoms with Crippen LogP contribution in [0.5, 0.6) is 0 Å². The van der Waals surface area contributed by atoms with Crippen LogP contribution in [0.25, 0.3) is 0 Å². The molecule has 2 rings (SSSR count). The van der Waals surface area contributed by atoms with Gasteiger partial charge in [-0.3, -0.25) is 15.1 Å². The second-order valence-corrected chi connectivity index (χ2v) is 4.12. The zero-order valence-electron chi connectivity index (χ0n) is 10.7. The molecule has 0 unspecified atom stereocenters. The molecule has 0 aliphatic rings. The maximum atomic E-state index is 11.0. The Balaban J connectivity index is 2.24. The molecule has 0 aliphatic heterocycles. The fourth-order valence-electron chi connectivity index (χ4n) is 1.67. The maximum Gasteiger partial charge on any atom is 0.312 e. The quantitative estimate of drug-likeness (QED) is 0.673. The van der Waals surface area contributed by atoms with Gasteiger partial charge in [0.25, 0.3) is 0 Å².